The van der Waals surface area contributed by atoms with Gasteiger partial charge in [-0.1, -0.05) is 30.1 Å². The van der Waals surface area contributed by atoms with Crippen molar-refractivity contribution in [3.63, 3.8) is 0 Å². The maximum Gasteiger partial charge on any atom is 0.256 e. The van der Waals surface area contributed by atoms with Crippen molar-refractivity contribution in [3.8, 4) is 0 Å². The highest BCUT2D eigenvalue weighted by atomic mass is 35.5. The molecule has 1 fully saturated rings. The predicted molar refractivity (Wildman–Crippen MR) is 97.1 cm³/mol. The van der Waals surface area contributed by atoms with Crippen molar-refractivity contribution in [2.75, 3.05) is 23.3 Å². The molecule has 0 bridgehead atoms. The second-order valence-corrected chi connectivity index (χ2v) is 6.83. The topological polar surface area (TPSA) is 58.1 Å². The molecule has 0 saturated carbocycles. The number of anilines is 2. The second-order valence-electron chi connectivity index (χ2n) is 6.01. The summed E-state index contributed by atoms with van der Waals surface area (Å²) in [4.78, 5) is 23.0. The highest BCUT2D eigenvalue weighted by molar-refractivity contribution is 6.42. The summed E-state index contributed by atoms with van der Waals surface area (Å²) < 4.78 is 0. The number of carbonyl (C=O) groups excluding carboxylic acids is 1. The lowest BCUT2D eigenvalue weighted by Gasteiger charge is -2.31. The van der Waals surface area contributed by atoms with Crippen LogP contribution in [0.2, 0.25) is 10.0 Å². The summed E-state index contributed by atoms with van der Waals surface area (Å²) in [6.07, 6.45) is 3.77. The van der Waals surface area contributed by atoms with E-state index in [1.807, 2.05) is 0 Å². The van der Waals surface area contributed by atoms with Crippen LogP contribution in [0, 0.1) is 5.92 Å². The number of aromatic nitrogens is 2. The van der Waals surface area contributed by atoms with Crippen LogP contribution in [-0.4, -0.2) is 29.0 Å². The van der Waals surface area contributed by atoms with Gasteiger partial charge in [0, 0.05) is 24.7 Å². The Morgan fingerprint density at radius 3 is 2.62 bits per heavy atom. The molecule has 3 rings (SSSR count). The van der Waals surface area contributed by atoms with E-state index in [1.165, 1.54) is 12.4 Å². The molecule has 0 radical (unpaired) electrons. The Balaban J connectivity index is 1.72. The van der Waals surface area contributed by atoms with E-state index in [1.54, 1.807) is 18.2 Å². The average molecular weight is 365 g/mol. The third-order valence-electron chi connectivity index (χ3n) is 4.18. The molecule has 1 aliphatic heterocycles. The van der Waals surface area contributed by atoms with Gasteiger partial charge >= 0.3 is 0 Å². The monoisotopic (exact) mass is 364 g/mol. The normalized spacial score (nSPS) is 15.4. The second kappa shape index (κ2) is 7.36. The third-order valence-corrected chi connectivity index (χ3v) is 4.92. The van der Waals surface area contributed by atoms with Gasteiger partial charge in [-0.25, -0.2) is 9.97 Å². The fourth-order valence-corrected chi connectivity index (χ4v) is 2.95. The van der Waals surface area contributed by atoms with Crippen molar-refractivity contribution in [3.05, 3.63) is 46.2 Å². The number of hydrogen-bond acceptors (Lipinski definition) is 4. The van der Waals surface area contributed by atoms with Crippen LogP contribution in [0.25, 0.3) is 0 Å². The summed E-state index contributed by atoms with van der Waals surface area (Å²) in [5.74, 6) is 1.76. The van der Waals surface area contributed by atoms with Gasteiger partial charge in [-0.3, -0.25) is 4.79 Å². The number of carbonyl (C=O) groups is 1. The molecular weight excluding hydrogens is 347 g/mol. The smallest absolute Gasteiger partial charge is 0.256 e. The third kappa shape index (κ3) is 3.97. The fourth-order valence-electron chi connectivity index (χ4n) is 2.65. The molecule has 5 nitrogen and oxygen atoms in total. The number of piperidine rings is 1. The van der Waals surface area contributed by atoms with E-state index in [-0.39, 0.29) is 5.91 Å². The van der Waals surface area contributed by atoms with Crippen LogP contribution in [0.15, 0.2) is 30.6 Å². The first-order chi connectivity index (χ1) is 11.5. The molecule has 126 valence electrons. The van der Waals surface area contributed by atoms with Crippen molar-refractivity contribution in [1.29, 1.82) is 0 Å². The zero-order valence-electron chi connectivity index (χ0n) is 13.3. The van der Waals surface area contributed by atoms with Crippen LogP contribution >= 0.6 is 23.2 Å². The van der Waals surface area contributed by atoms with Gasteiger partial charge < -0.3 is 10.2 Å². The fraction of sp³-hybridized carbons (Fsp3) is 0.353. The minimum Gasteiger partial charge on any atom is -0.356 e. The Labute approximate surface area is 151 Å². The van der Waals surface area contributed by atoms with Gasteiger partial charge in [0.05, 0.1) is 10.0 Å². The number of amides is 1. The highest BCUT2D eigenvalue weighted by Gasteiger charge is 2.18. The molecule has 0 unspecified atom stereocenters. The highest BCUT2D eigenvalue weighted by Crippen LogP contribution is 2.24. The minimum absolute atomic E-state index is 0.287. The Kier molecular flexibility index (Phi) is 5.21. The summed E-state index contributed by atoms with van der Waals surface area (Å²) in [6.45, 7) is 4.21. The van der Waals surface area contributed by atoms with Crippen molar-refractivity contribution >= 4 is 40.7 Å². The molecule has 7 heteroatoms. The van der Waals surface area contributed by atoms with E-state index in [2.05, 4.69) is 27.1 Å². The molecule has 1 N–H and O–H groups in total. The van der Waals surface area contributed by atoms with E-state index in [9.17, 15) is 4.79 Å². The van der Waals surface area contributed by atoms with Crippen molar-refractivity contribution in [2.24, 2.45) is 5.92 Å². The van der Waals surface area contributed by atoms with Crippen LogP contribution in [0.5, 0.6) is 0 Å². The van der Waals surface area contributed by atoms with Gasteiger partial charge in [-0.15, -0.1) is 0 Å². The van der Waals surface area contributed by atoms with E-state index in [0.29, 0.717) is 21.4 Å². The van der Waals surface area contributed by atoms with E-state index in [0.717, 1.165) is 37.7 Å². The molecule has 0 atom stereocenters. The first kappa shape index (κ1) is 17.0. The molecule has 2 aromatic rings. The molecule has 0 aliphatic carbocycles. The standard InChI is InChI=1S/C17H18Cl2N4O/c1-11-4-6-23(7-5-11)16-9-15(20-10-21-16)22-17(24)12-2-3-13(18)14(19)8-12/h2-3,8-11H,4-7H2,1H3,(H,20,21,22,24). The lowest BCUT2D eigenvalue weighted by Crippen LogP contribution is -2.33. The lowest BCUT2D eigenvalue weighted by atomic mass is 9.99. The first-order valence-electron chi connectivity index (χ1n) is 7.86. The molecule has 1 aromatic carbocycles. The number of nitrogens with zero attached hydrogens (tertiary/aromatic N) is 3. The molecule has 2 heterocycles. The Bertz CT molecular complexity index is 745. The summed E-state index contributed by atoms with van der Waals surface area (Å²) in [7, 11) is 0. The van der Waals surface area contributed by atoms with E-state index < -0.39 is 0 Å². The first-order valence-corrected chi connectivity index (χ1v) is 8.62. The summed E-state index contributed by atoms with van der Waals surface area (Å²) in [5.41, 5.74) is 0.427. The van der Waals surface area contributed by atoms with Gasteiger partial charge in [-0.2, -0.15) is 0 Å². The number of hydrogen-bond donors (Lipinski definition) is 1. The largest absolute Gasteiger partial charge is 0.356 e. The molecule has 0 spiro atoms. The molecule has 1 aliphatic rings. The SMILES string of the molecule is CC1CCN(c2cc(NC(=O)c3ccc(Cl)c(Cl)c3)ncn2)CC1. The summed E-state index contributed by atoms with van der Waals surface area (Å²) in [5, 5.41) is 3.53. The zero-order chi connectivity index (χ0) is 17.1. The molecule has 1 aromatic heterocycles. The van der Waals surface area contributed by atoms with Crippen LogP contribution < -0.4 is 10.2 Å². The van der Waals surface area contributed by atoms with Crippen molar-refractivity contribution in [2.45, 2.75) is 19.8 Å². The van der Waals surface area contributed by atoms with Gasteiger partial charge in [-0.05, 0) is 37.0 Å². The molecule has 1 saturated heterocycles. The molecular formula is C17H18Cl2N4O. The Morgan fingerprint density at radius 2 is 1.92 bits per heavy atom. The molecule has 1 amide bonds. The molecule has 24 heavy (non-hydrogen) atoms. The van der Waals surface area contributed by atoms with Gasteiger partial charge in [0.15, 0.2) is 0 Å². The summed E-state index contributed by atoms with van der Waals surface area (Å²) in [6, 6.07) is 6.55. The minimum atomic E-state index is -0.287. The Hall–Kier alpha value is -1.85. The summed E-state index contributed by atoms with van der Waals surface area (Å²) >= 11 is 11.8. The zero-order valence-corrected chi connectivity index (χ0v) is 14.8. The van der Waals surface area contributed by atoms with Gasteiger partial charge in [0.25, 0.3) is 5.91 Å². The number of nitrogens with one attached hydrogen (secondary N) is 1. The maximum atomic E-state index is 12.3. The van der Waals surface area contributed by atoms with Crippen LogP contribution in [0.4, 0.5) is 11.6 Å². The van der Waals surface area contributed by atoms with E-state index >= 15 is 0 Å². The van der Waals surface area contributed by atoms with E-state index in [4.69, 9.17) is 23.2 Å². The average Bonchev–Trinajstić information content (AvgIpc) is 2.58. The van der Waals surface area contributed by atoms with Gasteiger partial charge in [0.2, 0.25) is 0 Å². The quantitative estimate of drug-likeness (QED) is 0.883. The Morgan fingerprint density at radius 1 is 1.17 bits per heavy atom. The number of benzene rings is 1. The van der Waals surface area contributed by atoms with Crippen LogP contribution in [0.3, 0.4) is 0 Å². The van der Waals surface area contributed by atoms with Crippen molar-refractivity contribution < 1.29 is 4.79 Å². The maximum absolute atomic E-state index is 12.3. The number of halogens is 2. The van der Waals surface area contributed by atoms with Crippen LogP contribution in [0.1, 0.15) is 30.1 Å². The predicted octanol–water partition coefficient (Wildman–Crippen LogP) is 4.27. The van der Waals surface area contributed by atoms with Crippen LogP contribution in [-0.2, 0) is 0 Å². The lowest BCUT2D eigenvalue weighted by molar-refractivity contribution is 0.102. The van der Waals surface area contributed by atoms with Gasteiger partial charge in [0.1, 0.15) is 18.0 Å². The van der Waals surface area contributed by atoms with Crippen molar-refractivity contribution in [1.82, 2.24) is 9.97 Å². The number of rotatable bonds is 3.